The van der Waals surface area contributed by atoms with E-state index in [1.54, 1.807) is 6.07 Å². The first-order valence-corrected chi connectivity index (χ1v) is 4.93. The van der Waals surface area contributed by atoms with E-state index >= 15 is 0 Å². The van der Waals surface area contributed by atoms with Crippen LogP contribution in [0, 0.1) is 11.3 Å². The van der Waals surface area contributed by atoms with Crippen LogP contribution in [0.2, 0.25) is 0 Å². The second-order valence-electron chi connectivity index (χ2n) is 3.29. The number of aliphatic hydroxyl groups excluding tert-OH is 1. The van der Waals surface area contributed by atoms with Crippen molar-refractivity contribution in [3.63, 3.8) is 0 Å². The molecule has 0 bridgehead atoms. The Morgan fingerprint density at radius 3 is 2.69 bits per heavy atom. The topological polar surface area (TPSA) is 70.3 Å². The monoisotopic (exact) mass is 219 g/mol. The molecule has 1 aromatic rings. The van der Waals surface area contributed by atoms with Crippen molar-refractivity contribution in [2.24, 2.45) is 0 Å². The lowest BCUT2D eigenvalue weighted by Crippen LogP contribution is -2.09. The number of nitriles is 1. The fourth-order valence-electron chi connectivity index (χ4n) is 1.57. The maximum Gasteiger partial charge on any atom is 0.339 e. The van der Waals surface area contributed by atoms with Crippen LogP contribution >= 0.6 is 0 Å². The Morgan fingerprint density at radius 2 is 2.25 bits per heavy atom. The molecule has 0 amide bonds. The Balaban J connectivity index is 3.45. The zero-order valence-electron chi connectivity index (χ0n) is 9.28. The Hall–Kier alpha value is -1.86. The second kappa shape index (κ2) is 5.29. The molecule has 0 aromatic heterocycles. The number of rotatable bonds is 3. The lowest BCUT2D eigenvalue weighted by molar-refractivity contribution is 0.0599. The highest BCUT2D eigenvalue weighted by Gasteiger charge is 2.17. The summed E-state index contributed by atoms with van der Waals surface area (Å²) in [7, 11) is 1.28. The minimum absolute atomic E-state index is 0.150. The minimum Gasteiger partial charge on any atom is -0.465 e. The molecule has 0 saturated carbocycles. The summed E-state index contributed by atoms with van der Waals surface area (Å²) in [5.74, 6) is -0.516. The Labute approximate surface area is 94.1 Å². The van der Waals surface area contributed by atoms with E-state index in [-0.39, 0.29) is 12.2 Å². The van der Waals surface area contributed by atoms with Crippen LogP contribution in [0.1, 0.15) is 34.0 Å². The first-order valence-electron chi connectivity index (χ1n) is 4.93. The zero-order valence-corrected chi connectivity index (χ0v) is 9.28. The summed E-state index contributed by atoms with van der Waals surface area (Å²) in [6.07, 6.45) is 0.604. The normalized spacial score (nSPS) is 9.62. The molecule has 1 aromatic carbocycles. The molecular weight excluding hydrogens is 206 g/mol. The SMILES string of the molecule is CCc1cc(CO)cc(C#N)c1C(=O)OC. The summed E-state index contributed by atoms with van der Waals surface area (Å²) in [5.41, 5.74) is 1.89. The molecule has 4 heteroatoms. The zero-order chi connectivity index (χ0) is 12.1. The number of esters is 1. The van der Waals surface area contributed by atoms with Gasteiger partial charge in [-0.05, 0) is 23.6 Å². The van der Waals surface area contributed by atoms with E-state index in [1.165, 1.54) is 13.2 Å². The molecule has 0 aliphatic carbocycles. The quantitative estimate of drug-likeness (QED) is 0.780. The summed E-state index contributed by atoms with van der Waals surface area (Å²) >= 11 is 0. The molecule has 0 heterocycles. The number of carbonyl (C=O) groups excluding carboxylic acids is 1. The minimum atomic E-state index is -0.516. The van der Waals surface area contributed by atoms with E-state index in [9.17, 15) is 4.79 Å². The third-order valence-electron chi connectivity index (χ3n) is 2.35. The van der Waals surface area contributed by atoms with Crippen molar-refractivity contribution >= 4 is 5.97 Å². The summed E-state index contributed by atoms with van der Waals surface area (Å²) in [6, 6.07) is 5.17. The van der Waals surface area contributed by atoms with Gasteiger partial charge >= 0.3 is 5.97 Å². The average Bonchev–Trinajstić information content (AvgIpc) is 2.35. The van der Waals surface area contributed by atoms with Gasteiger partial charge in [-0.2, -0.15) is 5.26 Å². The smallest absolute Gasteiger partial charge is 0.339 e. The third-order valence-corrected chi connectivity index (χ3v) is 2.35. The summed E-state index contributed by atoms with van der Waals surface area (Å²) in [6.45, 7) is 1.73. The molecule has 0 aliphatic heterocycles. The lowest BCUT2D eigenvalue weighted by atomic mass is 9.97. The lowest BCUT2D eigenvalue weighted by Gasteiger charge is -2.09. The van der Waals surface area contributed by atoms with Crippen LogP contribution in [-0.2, 0) is 17.8 Å². The molecule has 0 saturated heterocycles. The van der Waals surface area contributed by atoms with Gasteiger partial charge in [0.05, 0.1) is 24.8 Å². The fraction of sp³-hybridized carbons (Fsp3) is 0.333. The summed E-state index contributed by atoms with van der Waals surface area (Å²) in [5, 5.41) is 18.0. The van der Waals surface area contributed by atoms with Crippen molar-refractivity contribution in [3.05, 3.63) is 34.4 Å². The first-order chi connectivity index (χ1) is 7.67. The van der Waals surface area contributed by atoms with E-state index in [0.29, 0.717) is 17.5 Å². The number of hydrogen-bond acceptors (Lipinski definition) is 4. The number of ether oxygens (including phenoxy) is 1. The van der Waals surface area contributed by atoms with Crippen molar-refractivity contribution in [1.82, 2.24) is 0 Å². The van der Waals surface area contributed by atoms with Crippen molar-refractivity contribution < 1.29 is 14.6 Å². The van der Waals surface area contributed by atoms with Crippen LogP contribution in [0.25, 0.3) is 0 Å². The molecule has 0 spiro atoms. The van der Waals surface area contributed by atoms with Gasteiger partial charge in [-0.3, -0.25) is 0 Å². The van der Waals surface area contributed by atoms with E-state index in [1.807, 2.05) is 13.0 Å². The predicted molar refractivity (Wildman–Crippen MR) is 57.8 cm³/mol. The van der Waals surface area contributed by atoms with Gasteiger partial charge in [0.15, 0.2) is 0 Å². The standard InChI is InChI=1S/C12H13NO3/c1-3-9-4-8(7-14)5-10(6-13)11(9)12(15)16-2/h4-5,14H,3,7H2,1-2H3. The van der Waals surface area contributed by atoms with Gasteiger partial charge < -0.3 is 9.84 Å². The van der Waals surface area contributed by atoms with Gasteiger partial charge in [0.1, 0.15) is 6.07 Å². The number of aliphatic hydroxyl groups is 1. The highest BCUT2D eigenvalue weighted by Crippen LogP contribution is 2.19. The first kappa shape index (κ1) is 12.2. The van der Waals surface area contributed by atoms with E-state index in [0.717, 1.165) is 5.56 Å². The van der Waals surface area contributed by atoms with Crippen LogP contribution in [0.4, 0.5) is 0 Å². The second-order valence-corrected chi connectivity index (χ2v) is 3.29. The summed E-state index contributed by atoms with van der Waals surface area (Å²) < 4.78 is 4.64. The number of aryl methyl sites for hydroxylation is 1. The van der Waals surface area contributed by atoms with Crippen LogP contribution < -0.4 is 0 Å². The van der Waals surface area contributed by atoms with Crippen LogP contribution in [0.5, 0.6) is 0 Å². The number of carbonyl (C=O) groups is 1. The maximum absolute atomic E-state index is 11.5. The number of hydrogen-bond donors (Lipinski definition) is 1. The van der Waals surface area contributed by atoms with Crippen LogP contribution in [0.3, 0.4) is 0 Å². The Bertz CT molecular complexity index is 446. The van der Waals surface area contributed by atoms with Gasteiger partial charge in [0, 0.05) is 0 Å². The van der Waals surface area contributed by atoms with Crippen LogP contribution in [0.15, 0.2) is 12.1 Å². The van der Waals surface area contributed by atoms with Gasteiger partial charge in [0.2, 0.25) is 0 Å². The molecule has 0 aliphatic rings. The molecule has 16 heavy (non-hydrogen) atoms. The fourth-order valence-corrected chi connectivity index (χ4v) is 1.57. The Morgan fingerprint density at radius 1 is 1.56 bits per heavy atom. The van der Waals surface area contributed by atoms with Gasteiger partial charge in [-0.15, -0.1) is 0 Å². The molecular formula is C12H13NO3. The van der Waals surface area contributed by atoms with Crippen LogP contribution in [-0.4, -0.2) is 18.2 Å². The Kier molecular flexibility index (Phi) is 4.03. The molecule has 4 nitrogen and oxygen atoms in total. The van der Waals surface area contributed by atoms with E-state index < -0.39 is 5.97 Å². The van der Waals surface area contributed by atoms with Crippen molar-refractivity contribution in [2.75, 3.05) is 7.11 Å². The van der Waals surface area contributed by atoms with Crippen molar-refractivity contribution in [3.8, 4) is 6.07 Å². The largest absolute Gasteiger partial charge is 0.465 e. The van der Waals surface area contributed by atoms with E-state index in [4.69, 9.17) is 10.4 Å². The molecule has 0 unspecified atom stereocenters. The average molecular weight is 219 g/mol. The summed E-state index contributed by atoms with van der Waals surface area (Å²) in [4.78, 5) is 11.5. The molecule has 84 valence electrons. The van der Waals surface area contributed by atoms with Gasteiger partial charge in [0.25, 0.3) is 0 Å². The van der Waals surface area contributed by atoms with Crippen molar-refractivity contribution in [1.29, 1.82) is 5.26 Å². The molecule has 0 atom stereocenters. The highest BCUT2D eigenvalue weighted by atomic mass is 16.5. The van der Waals surface area contributed by atoms with Gasteiger partial charge in [-0.1, -0.05) is 13.0 Å². The molecule has 1 rings (SSSR count). The van der Waals surface area contributed by atoms with Crippen molar-refractivity contribution in [2.45, 2.75) is 20.0 Å². The number of nitrogens with zero attached hydrogens (tertiary/aromatic N) is 1. The van der Waals surface area contributed by atoms with E-state index in [2.05, 4.69) is 4.74 Å². The molecule has 1 N–H and O–H groups in total. The number of benzene rings is 1. The predicted octanol–water partition coefficient (Wildman–Crippen LogP) is 1.40. The highest BCUT2D eigenvalue weighted by molar-refractivity contribution is 5.94. The maximum atomic E-state index is 11.5. The molecule has 0 radical (unpaired) electrons. The number of methoxy groups -OCH3 is 1. The van der Waals surface area contributed by atoms with Gasteiger partial charge in [-0.25, -0.2) is 4.79 Å². The molecule has 0 fully saturated rings. The third kappa shape index (κ3) is 2.20.